The van der Waals surface area contributed by atoms with Crippen LogP contribution in [0, 0.1) is 11.7 Å². The lowest BCUT2D eigenvalue weighted by Gasteiger charge is -2.11. The van der Waals surface area contributed by atoms with Gasteiger partial charge in [-0.1, -0.05) is 47.0 Å². The van der Waals surface area contributed by atoms with Crippen LogP contribution < -0.4 is 15.4 Å². The molecule has 2 aromatic carbocycles. The molecule has 0 radical (unpaired) electrons. The van der Waals surface area contributed by atoms with E-state index in [1.165, 1.54) is 31.7 Å². The Balaban J connectivity index is 0.000000496. The first-order valence-electron chi connectivity index (χ1n) is 12.4. The Morgan fingerprint density at radius 3 is 2.25 bits per heavy atom. The van der Waals surface area contributed by atoms with Crippen molar-refractivity contribution in [2.45, 2.75) is 53.4 Å². The van der Waals surface area contributed by atoms with E-state index >= 15 is 0 Å². The fourth-order valence-electron chi connectivity index (χ4n) is 3.01. The molecule has 3 aromatic rings. The summed E-state index contributed by atoms with van der Waals surface area (Å²) in [5.74, 6) is 1.27. The predicted octanol–water partition coefficient (Wildman–Crippen LogP) is 7.01. The third-order valence-electron chi connectivity index (χ3n) is 4.96. The third kappa shape index (κ3) is 11.4. The fourth-order valence-corrected chi connectivity index (χ4v) is 3.01. The topological polar surface area (TPSA) is 85.4 Å². The van der Waals surface area contributed by atoms with Gasteiger partial charge in [0.25, 0.3) is 0 Å². The second kappa shape index (κ2) is 18.1. The molecule has 8 heteroatoms. The monoisotopic (exact) mass is 500 g/mol. The maximum atomic E-state index is 14.6. The molecule has 1 aromatic heterocycles. The van der Waals surface area contributed by atoms with Crippen LogP contribution in [0.1, 0.15) is 53.4 Å². The number of rotatable bonds is 11. The Kier molecular flexibility index (Phi) is 15.4. The van der Waals surface area contributed by atoms with Crippen LogP contribution in [-0.4, -0.2) is 43.6 Å². The molecule has 0 fully saturated rings. The highest BCUT2D eigenvalue weighted by Crippen LogP contribution is 2.29. The summed E-state index contributed by atoms with van der Waals surface area (Å²) in [6.45, 7) is 9.37. The van der Waals surface area contributed by atoms with E-state index in [2.05, 4.69) is 41.4 Å². The molecule has 0 saturated carbocycles. The number of ether oxygens (including phenoxy) is 2. The number of hydrogen-bond donors (Lipinski definition) is 2. The molecule has 3 rings (SSSR count). The van der Waals surface area contributed by atoms with Crippen LogP contribution in [0.15, 0.2) is 42.7 Å². The average Bonchev–Trinajstić information content (AvgIpc) is 2.88. The SMILES string of the molecule is CCC=O.CCCCC(C)C.CNc1ccc(Nc2ncnc3cc(OCCOC)cc(F)c23)cc1. The second-order valence-electron chi connectivity index (χ2n) is 8.43. The summed E-state index contributed by atoms with van der Waals surface area (Å²) in [6, 6.07) is 10.6. The number of nitrogens with zero attached hydrogens (tertiary/aromatic N) is 2. The summed E-state index contributed by atoms with van der Waals surface area (Å²) in [6.07, 6.45) is 7.05. The van der Waals surface area contributed by atoms with Crippen molar-refractivity contribution in [1.29, 1.82) is 0 Å². The molecule has 0 saturated heterocycles. The highest BCUT2D eigenvalue weighted by atomic mass is 19.1. The largest absolute Gasteiger partial charge is 0.491 e. The lowest BCUT2D eigenvalue weighted by atomic mass is 10.1. The van der Waals surface area contributed by atoms with Gasteiger partial charge in [0.2, 0.25) is 0 Å². The lowest BCUT2D eigenvalue weighted by Crippen LogP contribution is -2.05. The van der Waals surface area contributed by atoms with Gasteiger partial charge in [0, 0.05) is 44.1 Å². The molecule has 0 aliphatic carbocycles. The maximum absolute atomic E-state index is 14.6. The Hall–Kier alpha value is -3.26. The van der Waals surface area contributed by atoms with Gasteiger partial charge < -0.3 is 24.9 Å². The van der Waals surface area contributed by atoms with Gasteiger partial charge >= 0.3 is 0 Å². The van der Waals surface area contributed by atoms with Gasteiger partial charge in [-0.3, -0.25) is 0 Å². The minimum atomic E-state index is -0.445. The van der Waals surface area contributed by atoms with Crippen molar-refractivity contribution in [3.8, 4) is 5.75 Å². The van der Waals surface area contributed by atoms with Crippen molar-refractivity contribution in [2.24, 2.45) is 5.92 Å². The number of carbonyl (C=O) groups excluding carboxylic acids is 1. The van der Waals surface area contributed by atoms with Crippen LogP contribution in [0.5, 0.6) is 5.75 Å². The quantitative estimate of drug-likeness (QED) is 0.216. The van der Waals surface area contributed by atoms with Gasteiger partial charge in [-0.2, -0.15) is 0 Å². The summed E-state index contributed by atoms with van der Waals surface area (Å²) in [7, 11) is 3.43. The summed E-state index contributed by atoms with van der Waals surface area (Å²) in [5.41, 5.74) is 2.26. The fraction of sp³-hybridized carbons (Fsp3) is 0.464. The van der Waals surface area contributed by atoms with Crippen molar-refractivity contribution in [1.82, 2.24) is 9.97 Å². The van der Waals surface area contributed by atoms with Crippen LogP contribution in [0.25, 0.3) is 10.9 Å². The van der Waals surface area contributed by atoms with Crippen LogP contribution in [0.2, 0.25) is 0 Å². The molecule has 7 nitrogen and oxygen atoms in total. The van der Waals surface area contributed by atoms with E-state index in [0.717, 1.165) is 23.6 Å². The van der Waals surface area contributed by atoms with Gasteiger partial charge in [0.15, 0.2) is 0 Å². The van der Waals surface area contributed by atoms with Crippen molar-refractivity contribution in [3.05, 3.63) is 48.5 Å². The normalized spacial score (nSPS) is 10.1. The van der Waals surface area contributed by atoms with Gasteiger partial charge in [-0.15, -0.1) is 0 Å². The third-order valence-corrected chi connectivity index (χ3v) is 4.96. The minimum absolute atomic E-state index is 0.319. The molecule has 0 spiro atoms. The smallest absolute Gasteiger partial charge is 0.144 e. The number of halogens is 1. The van der Waals surface area contributed by atoms with E-state index in [4.69, 9.17) is 9.47 Å². The molecule has 0 atom stereocenters. The molecule has 198 valence electrons. The van der Waals surface area contributed by atoms with Crippen LogP contribution in [0.3, 0.4) is 0 Å². The first-order chi connectivity index (χ1) is 17.4. The van der Waals surface area contributed by atoms with E-state index in [0.29, 0.717) is 42.1 Å². The van der Waals surface area contributed by atoms with Crippen LogP contribution in [0.4, 0.5) is 21.6 Å². The molecule has 0 bridgehead atoms. The van der Waals surface area contributed by atoms with Crippen molar-refractivity contribution < 1.29 is 18.7 Å². The van der Waals surface area contributed by atoms with Crippen LogP contribution in [-0.2, 0) is 9.53 Å². The van der Waals surface area contributed by atoms with Crippen LogP contribution >= 0.6 is 0 Å². The number of benzene rings is 2. The Morgan fingerprint density at radius 1 is 1.06 bits per heavy atom. The van der Waals surface area contributed by atoms with E-state index in [1.54, 1.807) is 13.2 Å². The minimum Gasteiger partial charge on any atom is -0.491 e. The van der Waals surface area contributed by atoms with E-state index in [9.17, 15) is 9.18 Å². The molecule has 1 heterocycles. The Labute approximate surface area is 214 Å². The average molecular weight is 501 g/mol. The van der Waals surface area contributed by atoms with Gasteiger partial charge in [-0.05, 0) is 30.2 Å². The summed E-state index contributed by atoms with van der Waals surface area (Å²) in [4.78, 5) is 17.5. The summed E-state index contributed by atoms with van der Waals surface area (Å²) >= 11 is 0. The number of nitrogens with one attached hydrogen (secondary N) is 2. The van der Waals surface area contributed by atoms with E-state index in [1.807, 2.05) is 38.2 Å². The Morgan fingerprint density at radius 2 is 1.72 bits per heavy atom. The summed E-state index contributed by atoms with van der Waals surface area (Å²) < 4.78 is 25.0. The molecular weight excluding hydrogens is 459 g/mol. The first-order valence-corrected chi connectivity index (χ1v) is 12.4. The number of methoxy groups -OCH3 is 1. The molecule has 0 aliphatic rings. The van der Waals surface area contributed by atoms with Gasteiger partial charge in [0.1, 0.15) is 36.6 Å². The number of aromatic nitrogens is 2. The zero-order valence-electron chi connectivity index (χ0n) is 22.4. The molecule has 2 N–H and O–H groups in total. The number of unbranched alkanes of at least 4 members (excludes halogenated alkanes) is 1. The standard InChI is InChI=1S/C18H19FN4O2.C7H16.C3H6O/c1-20-12-3-5-13(6-4-12)23-18-17-15(19)9-14(25-8-7-24-2)10-16(17)21-11-22-18;1-4-5-6-7(2)3;1-2-3-4/h3-6,9-11,20H,7-8H2,1-2H3,(H,21,22,23);7H,4-6H2,1-3H3;3H,2H2,1H3. The highest BCUT2D eigenvalue weighted by molar-refractivity contribution is 5.92. The second-order valence-corrected chi connectivity index (χ2v) is 8.43. The number of carbonyl (C=O) groups is 1. The predicted molar refractivity (Wildman–Crippen MR) is 147 cm³/mol. The number of hydrogen-bond acceptors (Lipinski definition) is 7. The number of fused-ring (bicyclic) bond motifs is 1. The molecular formula is C28H41FN4O3. The Bertz CT molecular complexity index is 1010. The van der Waals surface area contributed by atoms with Crippen molar-refractivity contribution >= 4 is 34.4 Å². The number of aldehydes is 1. The van der Waals surface area contributed by atoms with Crippen molar-refractivity contribution in [2.75, 3.05) is 38.0 Å². The molecule has 0 aliphatic heterocycles. The molecule has 36 heavy (non-hydrogen) atoms. The lowest BCUT2D eigenvalue weighted by molar-refractivity contribution is -0.107. The number of anilines is 3. The molecule has 0 unspecified atom stereocenters. The first kappa shape index (κ1) is 30.8. The summed E-state index contributed by atoms with van der Waals surface area (Å²) in [5, 5.41) is 6.50. The van der Waals surface area contributed by atoms with E-state index < -0.39 is 5.82 Å². The highest BCUT2D eigenvalue weighted by Gasteiger charge is 2.12. The van der Waals surface area contributed by atoms with Gasteiger partial charge in [-0.25, -0.2) is 14.4 Å². The van der Waals surface area contributed by atoms with Gasteiger partial charge in [0.05, 0.1) is 17.5 Å². The zero-order chi connectivity index (χ0) is 26.8. The van der Waals surface area contributed by atoms with Crippen molar-refractivity contribution in [3.63, 3.8) is 0 Å². The maximum Gasteiger partial charge on any atom is 0.144 e. The van der Waals surface area contributed by atoms with E-state index in [-0.39, 0.29) is 0 Å². The molecule has 0 amide bonds. The zero-order valence-corrected chi connectivity index (χ0v) is 22.4.